The molecular formula is C8H14N2O6. The molecule has 1 rings (SSSR count). The van der Waals surface area contributed by atoms with Gasteiger partial charge in [-0.2, -0.15) is 0 Å². The van der Waals surface area contributed by atoms with Gasteiger partial charge in [-0.05, 0) is 0 Å². The second kappa shape index (κ2) is 5.75. The van der Waals surface area contributed by atoms with Crippen molar-refractivity contribution < 1.29 is 29.7 Å². The van der Waals surface area contributed by atoms with E-state index in [0.717, 1.165) is 0 Å². The summed E-state index contributed by atoms with van der Waals surface area (Å²) < 4.78 is 0. The van der Waals surface area contributed by atoms with Crippen LogP contribution in [0.25, 0.3) is 0 Å². The maximum atomic E-state index is 11.2. The molecule has 0 saturated carbocycles. The summed E-state index contributed by atoms with van der Waals surface area (Å²) in [5.74, 6) is -2.85. The van der Waals surface area contributed by atoms with Crippen molar-refractivity contribution in [2.45, 2.75) is 12.2 Å². The van der Waals surface area contributed by atoms with Crippen molar-refractivity contribution >= 4 is 11.9 Å². The fourth-order valence-electron chi connectivity index (χ4n) is 1.18. The Balaban J connectivity index is 2.41. The lowest BCUT2D eigenvalue weighted by molar-refractivity contribution is -0.208. The van der Waals surface area contributed by atoms with Crippen molar-refractivity contribution in [2.24, 2.45) is 0 Å². The number of hydrogen-bond donors (Lipinski definition) is 4. The SMILES string of the molecule is O=C(O)C(O)C(O)C(=O)ON1CCNCC1. The molecule has 0 aromatic rings. The highest BCUT2D eigenvalue weighted by molar-refractivity contribution is 5.84. The average molecular weight is 234 g/mol. The summed E-state index contributed by atoms with van der Waals surface area (Å²) in [6, 6.07) is 0. The van der Waals surface area contributed by atoms with Crippen LogP contribution >= 0.6 is 0 Å². The zero-order chi connectivity index (χ0) is 12.1. The number of nitrogens with one attached hydrogen (secondary N) is 1. The molecule has 8 nitrogen and oxygen atoms in total. The van der Waals surface area contributed by atoms with Gasteiger partial charge in [0.05, 0.1) is 0 Å². The predicted octanol–water partition coefficient (Wildman–Crippen LogP) is -2.84. The monoisotopic (exact) mass is 234 g/mol. The first-order chi connectivity index (χ1) is 7.52. The first-order valence-corrected chi connectivity index (χ1v) is 4.79. The molecule has 0 bridgehead atoms. The Bertz CT molecular complexity index is 265. The van der Waals surface area contributed by atoms with Gasteiger partial charge in [0.2, 0.25) is 0 Å². The maximum Gasteiger partial charge on any atom is 0.357 e. The smallest absolute Gasteiger partial charge is 0.357 e. The second-order valence-corrected chi connectivity index (χ2v) is 3.32. The Kier molecular flexibility index (Phi) is 4.62. The van der Waals surface area contributed by atoms with E-state index in [4.69, 9.17) is 20.2 Å². The second-order valence-electron chi connectivity index (χ2n) is 3.32. The van der Waals surface area contributed by atoms with E-state index in [1.54, 1.807) is 0 Å². The van der Waals surface area contributed by atoms with Gasteiger partial charge >= 0.3 is 11.9 Å². The lowest BCUT2D eigenvalue weighted by Gasteiger charge is -2.26. The van der Waals surface area contributed by atoms with Crippen LogP contribution in [-0.4, -0.2) is 70.7 Å². The largest absolute Gasteiger partial charge is 0.479 e. The molecule has 4 N–H and O–H groups in total. The molecule has 1 aliphatic rings. The molecule has 1 heterocycles. The summed E-state index contributed by atoms with van der Waals surface area (Å²) in [4.78, 5) is 26.2. The quantitative estimate of drug-likeness (QED) is 0.410. The molecule has 0 radical (unpaired) electrons. The number of nitrogens with zero attached hydrogens (tertiary/aromatic N) is 1. The number of piperazine rings is 1. The zero-order valence-electron chi connectivity index (χ0n) is 8.50. The van der Waals surface area contributed by atoms with Crippen LogP contribution in [0.5, 0.6) is 0 Å². The van der Waals surface area contributed by atoms with Crippen LogP contribution in [0.4, 0.5) is 0 Å². The van der Waals surface area contributed by atoms with Gasteiger partial charge in [-0.15, -0.1) is 5.06 Å². The molecule has 2 unspecified atom stereocenters. The minimum Gasteiger partial charge on any atom is -0.479 e. The number of carboxylic acid groups (broad SMARTS) is 1. The minimum atomic E-state index is -2.17. The molecule has 0 aromatic heterocycles. The van der Waals surface area contributed by atoms with Crippen molar-refractivity contribution in [3.8, 4) is 0 Å². The Labute approximate surface area is 91.4 Å². The van der Waals surface area contributed by atoms with Gasteiger partial charge in [0.25, 0.3) is 0 Å². The molecule has 16 heavy (non-hydrogen) atoms. The van der Waals surface area contributed by atoms with E-state index in [1.807, 2.05) is 0 Å². The van der Waals surface area contributed by atoms with E-state index in [9.17, 15) is 9.59 Å². The number of aliphatic carboxylic acids is 1. The van der Waals surface area contributed by atoms with Crippen molar-refractivity contribution in [3.05, 3.63) is 0 Å². The van der Waals surface area contributed by atoms with Crippen LogP contribution in [0.3, 0.4) is 0 Å². The van der Waals surface area contributed by atoms with E-state index >= 15 is 0 Å². The van der Waals surface area contributed by atoms with E-state index in [1.165, 1.54) is 5.06 Å². The van der Waals surface area contributed by atoms with Crippen LogP contribution in [0.15, 0.2) is 0 Å². The molecule has 1 aliphatic heterocycles. The van der Waals surface area contributed by atoms with Gasteiger partial charge in [0, 0.05) is 26.2 Å². The number of rotatable bonds is 4. The summed E-state index contributed by atoms with van der Waals surface area (Å²) in [5.41, 5.74) is 0. The highest BCUT2D eigenvalue weighted by atomic mass is 16.7. The van der Waals surface area contributed by atoms with Gasteiger partial charge < -0.3 is 25.5 Å². The van der Waals surface area contributed by atoms with Gasteiger partial charge in [0.1, 0.15) is 0 Å². The Morgan fingerprint density at radius 2 is 1.75 bits per heavy atom. The minimum absolute atomic E-state index is 0.446. The van der Waals surface area contributed by atoms with Crippen LogP contribution < -0.4 is 5.32 Å². The standard InChI is InChI=1S/C8H14N2O6/c11-5(7(13)14)6(12)8(15)16-10-3-1-9-2-4-10/h5-6,9,11-12H,1-4H2,(H,13,14). The number of aliphatic hydroxyl groups is 2. The van der Waals surface area contributed by atoms with Crippen LogP contribution in [0.1, 0.15) is 0 Å². The molecule has 0 aromatic carbocycles. The lowest BCUT2D eigenvalue weighted by Crippen LogP contribution is -2.48. The highest BCUT2D eigenvalue weighted by Gasteiger charge is 2.33. The van der Waals surface area contributed by atoms with Crippen LogP contribution in [0, 0.1) is 0 Å². The molecule has 0 aliphatic carbocycles. The van der Waals surface area contributed by atoms with Crippen LogP contribution in [-0.2, 0) is 14.4 Å². The van der Waals surface area contributed by atoms with Gasteiger partial charge in [0.15, 0.2) is 12.2 Å². The van der Waals surface area contributed by atoms with Crippen molar-refractivity contribution in [1.82, 2.24) is 10.4 Å². The average Bonchev–Trinajstić information content (AvgIpc) is 2.28. The fraction of sp³-hybridized carbons (Fsp3) is 0.750. The normalized spacial score (nSPS) is 21.1. The van der Waals surface area contributed by atoms with E-state index in [2.05, 4.69) is 5.32 Å². The topological polar surface area (TPSA) is 119 Å². The third-order valence-electron chi connectivity index (χ3n) is 2.09. The molecule has 1 saturated heterocycles. The summed E-state index contributed by atoms with van der Waals surface area (Å²) in [6.07, 6.45) is -4.25. The van der Waals surface area contributed by atoms with Crippen molar-refractivity contribution in [1.29, 1.82) is 0 Å². The summed E-state index contributed by atoms with van der Waals surface area (Å²) >= 11 is 0. The zero-order valence-corrected chi connectivity index (χ0v) is 8.50. The van der Waals surface area contributed by atoms with Crippen molar-refractivity contribution in [3.63, 3.8) is 0 Å². The summed E-state index contributed by atoms with van der Waals surface area (Å²) in [6.45, 7) is 2.15. The molecule has 0 spiro atoms. The highest BCUT2D eigenvalue weighted by Crippen LogP contribution is 2.01. The van der Waals surface area contributed by atoms with Gasteiger partial charge in [-0.1, -0.05) is 0 Å². The van der Waals surface area contributed by atoms with Gasteiger partial charge in [-0.25, -0.2) is 9.59 Å². The fourth-order valence-corrected chi connectivity index (χ4v) is 1.18. The van der Waals surface area contributed by atoms with Crippen LogP contribution in [0.2, 0.25) is 0 Å². The number of carboxylic acids is 1. The Hall–Kier alpha value is -1.22. The van der Waals surface area contributed by atoms with Gasteiger partial charge in [-0.3, -0.25) is 0 Å². The third kappa shape index (κ3) is 3.42. The summed E-state index contributed by atoms with van der Waals surface area (Å²) in [5, 5.41) is 30.7. The Morgan fingerprint density at radius 1 is 1.19 bits per heavy atom. The molecular weight excluding hydrogens is 220 g/mol. The molecule has 8 heteroatoms. The van der Waals surface area contributed by atoms with E-state index < -0.39 is 24.1 Å². The third-order valence-corrected chi connectivity index (χ3v) is 2.09. The number of carbonyl (C=O) groups is 2. The first-order valence-electron chi connectivity index (χ1n) is 4.79. The lowest BCUT2D eigenvalue weighted by atomic mass is 10.2. The van der Waals surface area contributed by atoms with E-state index in [-0.39, 0.29) is 0 Å². The predicted molar refractivity (Wildman–Crippen MR) is 50.2 cm³/mol. The maximum absolute atomic E-state index is 11.2. The number of hydrogen-bond acceptors (Lipinski definition) is 7. The Morgan fingerprint density at radius 3 is 2.25 bits per heavy atom. The molecule has 2 atom stereocenters. The summed E-state index contributed by atoms with van der Waals surface area (Å²) in [7, 11) is 0. The number of carbonyl (C=O) groups excluding carboxylic acids is 1. The van der Waals surface area contributed by atoms with Crippen molar-refractivity contribution in [2.75, 3.05) is 26.2 Å². The number of hydroxylamine groups is 2. The van der Waals surface area contributed by atoms with E-state index in [0.29, 0.717) is 26.2 Å². The molecule has 0 amide bonds. The number of aliphatic hydroxyl groups excluding tert-OH is 2. The molecule has 92 valence electrons. The first kappa shape index (κ1) is 12.8. The molecule has 1 fully saturated rings.